The lowest BCUT2D eigenvalue weighted by Crippen LogP contribution is -2.26. The molecule has 0 saturated carbocycles. The summed E-state index contributed by atoms with van der Waals surface area (Å²) in [5, 5.41) is 16.5. The minimum atomic E-state index is -0.297. The number of hydrogen-bond donors (Lipinski definition) is 2. The molecule has 1 aromatic carbocycles. The van der Waals surface area contributed by atoms with E-state index in [1.54, 1.807) is 11.3 Å². The molecule has 0 fully saturated rings. The van der Waals surface area contributed by atoms with Crippen LogP contribution in [0.2, 0.25) is 5.02 Å². The summed E-state index contributed by atoms with van der Waals surface area (Å²) < 4.78 is 0. The van der Waals surface area contributed by atoms with Gasteiger partial charge in [-0.25, -0.2) is 0 Å². The van der Waals surface area contributed by atoms with E-state index in [1.807, 2.05) is 23.8 Å². The van der Waals surface area contributed by atoms with Gasteiger partial charge in [-0.1, -0.05) is 11.6 Å². The van der Waals surface area contributed by atoms with E-state index < -0.39 is 0 Å². The van der Waals surface area contributed by atoms with Crippen molar-refractivity contribution in [2.75, 3.05) is 0 Å². The van der Waals surface area contributed by atoms with Crippen molar-refractivity contribution < 1.29 is 9.90 Å². The van der Waals surface area contributed by atoms with Crippen molar-refractivity contribution in [3.05, 3.63) is 51.2 Å². The fraction of sp³-hybridized carbons (Fsp3) is 0.154. The van der Waals surface area contributed by atoms with Crippen LogP contribution >= 0.6 is 22.9 Å². The van der Waals surface area contributed by atoms with E-state index in [1.165, 1.54) is 18.2 Å². The number of carbonyl (C=O) groups excluding carboxylic acids is 1. The molecule has 18 heavy (non-hydrogen) atoms. The van der Waals surface area contributed by atoms with Gasteiger partial charge in [0.25, 0.3) is 5.91 Å². The Kier molecular flexibility index (Phi) is 3.89. The summed E-state index contributed by atoms with van der Waals surface area (Å²) in [5.41, 5.74) is 1.32. The third-order valence-electron chi connectivity index (χ3n) is 2.59. The molecule has 1 aromatic heterocycles. The molecule has 1 amide bonds. The number of carbonyl (C=O) groups is 1. The summed E-state index contributed by atoms with van der Waals surface area (Å²) in [5.74, 6) is -0.276. The summed E-state index contributed by atoms with van der Waals surface area (Å²) >= 11 is 7.51. The second-order valence-corrected chi connectivity index (χ2v) is 5.10. The molecule has 2 N–H and O–H groups in total. The summed E-state index contributed by atoms with van der Waals surface area (Å²) in [6.07, 6.45) is 0. The Bertz CT molecular complexity index is 554. The summed E-state index contributed by atoms with van der Waals surface area (Å²) in [6, 6.07) is 6.17. The van der Waals surface area contributed by atoms with E-state index in [-0.39, 0.29) is 23.3 Å². The van der Waals surface area contributed by atoms with Gasteiger partial charge >= 0.3 is 0 Å². The maximum atomic E-state index is 12.0. The Labute approximate surface area is 114 Å². The van der Waals surface area contributed by atoms with Gasteiger partial charge < -0.3 is 10.4 Å². The molecule has 0 aliphatic heterocycles. The van der Waals surface area contributed by atoms with Crippen LogP contribution in [0.4, 0.5) is 0 Å². The topological polar surface area (TPSA) is 49.3 Å². The largest absolute Gasteiger partial charge is 0.508 e. The second-order valence-electron chi connectivity index (χ2n) is 3.92. The van der Waals surface area contributed by atoms with Crippen molar-refractivity contribution in [1.82, 2.24) is 5.32 Å². The van der Waals surface area contributed by atoms with Crippen molar-refractivity contribution in [2.45, 2.75) is 13.0 Å². The van der Waals surface area contributed by atoms with Crippen LogP contribution in [-0.2, 0) is 0 Å². The van der Waals surface area contributed by atoms with E-state index >= 15 is 0 Å². The zero-order valence-electron chi connectivity index (χ0n) is 9.68. The number of amides is 1. The summed E-state index contributed by atoms with van der Waals surface area (Å²) in [6.45, 7) is 1.90. The van der Waals surface area contributed by atoms with E-state index in [0.29, 0.717) is 5.02 Å². The Hall–Kier alpha value is -1.52. The van der Waals surface area contributed by atoms with Crippen molar-refractivity contribution in [3.63, 3.8) is 0 Å². The Morgan fingerprint density at radius 3 is 2.89 bits per heavy atom. The maximum Gasteiger partial charge on any atom is 0.253 e. The van der Waals surface area contributed by atoms with Gasteiger partial charge in [-0.3, -0.25) is 4.79 Å². The third kappa shape index (κ3) is 2.83. The lowest BCUT2D eigenvalue weighted by Gasteiger charge is -2.13. The number of benzene rings is 1. The first-order chi connectivity index (χ1) is 8.58. The van der Waals surface area contributed by atoms with Gasteiger partial charge in [-0.15, -0.1) is 0 Å². The monoisotopic (exact) mass is 281 g/mol. The third-order valence-corrected chi connectivity index (χ3v) is 3.62. The SMILES string of the molecule is CC(NC(=O)c1cc(O)ccc1Cl)c1ccsc1. The molecule has 2 aromatic rings. The predicted octanol–water partition coefficient (Wildman–Crippen LogP) is 3.60. The molecule has 0 saturated heterocycles. The molecule has 0 spiro atoms. The van der Waals surface area contributed by atoms with Crippen LogP contribution in [0.1, 0.15) is 28.9 Å². The van der Waals surface area contributed by atoms with Crippen molar-refractivity contribution >= 4 is 28.8 Å². The number of thiophene rings is 1. The minimum Gasteiger partial charge on any atom is -0.508 e. The first-order valence-electron chi connectivity index (χ1n) is 5.39. The highest BCUT2D eigenvalue weighted by molar-refractivity contribution is 7.07. The number of rotatable bonds is 3. The van der Waals surface area contributed by atoms with Gasteiger partial charge in [-0.2, -0.15) is 11.3 Å². The molecular weight excluding hydrogens is 270 g/mol. The molecular formula is C13H12ClNO2S. The van der Waals surface area contributed by atoms with Crippen LogP contribution in [0.15, 0.2) is 35.0 Å². The molecule has 1 atom stereocenters. The van der Waals surface area contributed by atoms with Gasteiger partial charge in [0.05, 0.1) is 16.6 Å². The highest BCUT2D eigenvalue weighted by atomic mass is 35.5. The lowest BCUT2D eigenvalue weighted by molar-refractivity contribution is 0.0939. The molecule has 5 heteroatoms. The number of halogens is 1. The number of aromatic hydroxyl groups is 1. The highest BCUT2D eigenvalue weighted by Crippen LogP contribution is 2.22. The molecule has 2 rings (SSSR count). The van der Waals surface area contributed by atoms with Crippen LogP contribution < -0.4 is 5.32 Å². The molecule has 0 bridgehead atoms. The average molecular weight is 282 g/mol. The standard InChI is InChI=1S/C13H12ClNO2S/c1-8(9-4-5-18-7-9)15-13(17)11-6-10(16)2-3-12(11)14/h2-8,16H,1H3,(H,15,17). The molecule has 0 radical (unpaired) electrons. The second kappa shape index (κ2) is 5.42. The van der Waals surface area contributed by atoms with Gasteiger partial charge in [0, 0.05) is 0 Å². The fourth-order valence-electron chi connectivity index (χ4n) is 1.57. The molecule has 1 unspecified atom stereocenters. The zero-order chi connectivity index (χ0) is 13.1. The highest BCUT2D eigenvalue weighted by Gasteiger charge is 2.15. The molecule has 3 nitrogen and oxygen atoms in total. The van der Waals surface area contributed by atoms with Crippen molar-refractivity contribution in [2.24, 2.45) is 0 Å². The lowest BCUT2D eigenvalue weighted by atomic mass is 10.1. The van der Waals surface area contributed by atoms with Crippen LogP contribution in [0.5, 0.6) is 5.75 Å². The Morgan fingerprint density at radius 2 is 2.22 bits per heavy atom. The normalized spacial score (nSPS) is 12.1. The maximum absolute atomic E-state index is 12.0. The number of phenols is 1. The van der Waals surface area contributed by atoms with Crippen molar-refractivity contribution in [3.8, 4) is 5.75 Å². The van der Waals surface area contributed by atoms with Gasteiger partial charge in [0.15, 0.2) is 0 Å². The smallest absolute Gasteiger partial charge is 0.253 e. The molecule has 94 valence electrons. The van der Waals surface area contributed by atoms with Crippen LogP contribution in [0.3, 0.4) is 0 Å². The van der Waals surface area contributed by atoms with Crippen LogP contribution in [-0.4, -0.2) is 11.0 Å². The zero-order valence-corrected chi connectivity index (χ0v) is 11.3. The quantitative estimate of drug-likeness (QED) is 0.903. The number of hydrogen-bond acceptors (Lipinski definition) is 3. The van der Waals surface area contributed by atoms with Crippen LogP contribution in [0.25, 0.3) is 0 Å². The minimum absolute atomic E-state index is 0.0211. The first-order valence-corrected chi connectivity index (χ1v) is 6.71. The summed E-state index contributed by atoms with van der Waals surface area (Å²) in [4.78, 5) is 12.0. The Balaban J connectivity index is 2.15. The van der Waals surface area contributed by atoms with Crippen molar-refractivity contribution in [1.29, 1.82) is 0 Å². The van der Waals surface area contributed by atoms with E-state index in [2.05, 4.69) is 5.32 Å². The Morgan fingerprint density at radius 1 is 1.44 bits per heavy atom. The van der Waals surface area contributed by atoms with E-state index in [0.717, 1.165) is 5.56 Å². The fourth-order valence-corrected chi connectivity index (χ4v) is 2.52. The van der Waals surface area contributed by atoms with Gasteiger partial charge in [0.2, 0.25) is 0 Å². The van der Waals surface area contributed by atoms with Crippen LogP contribution in [0, 0.1) is 0 Å². The van der Waals surface area contributed by atoms with Gasteiger partial charge in [-0.05, 0) is 47.5 Å². The van der Waals surface area contributed by atoms with E-state index in [9.17, 15) is 9.90 Å². The van der Waals surface area contributed by atoms with Gasteiger partial charge in [0.1, 0.15) is 5.75 Å². The molecule has 1 heterocycles. The molecule has 0 aliphatic carbocycles. The first kappa shape index (κ1) is 12.9. The number of phenolic OH excluding ortho intramolecular Hbond substituents is 1. The van der Waals surface area contributed by atoms with E-state index in [4.69, 9.17) is 11.6 Å². The number of nitrogens with one attached hydrogen (secondary N) is 1. The predicted molar refractivity (Wildman–Crippen MR) is 73.3 cm³/mol. The average Bonchev–Trinajstić information content (AvgIpc) is 2.85. The molecule has 0 aliphatic rings. The summed E-state index contributed by atoms with van der Waals surface area (Å²) in [7, 11) is 0.